The molecule has 0 fully saturated rings. The monoisotopic (exact) mass is 394 g/mol. The number of nitrogens with zero attached hydrogens (tertiary/aromatic N) is 3. The summed E-state index contributed by atoms with van der Waals surface area (Å²) in [5.74, 6) is 0. The Morgan fingerprint density at radius 2 is 1.31 bits per heavy atom. The molecule has 0 unspecified atom stereocenters. The van der Waals surface area contributed by atoms with Crippen LogP contribution in [-0.4, -0.2) is 28.8 Å². The van der Waals surface area contributed by atoms with Crippen LogP contribution in [0.5, 0.6) is 0 Å². The fourth-order valence-corrected chi connectivity index (χ4v) is 2.49. The van der Waals surface area contributed by atoms with Gasteiger partial charge in [0, 0.05) is 0 Å². The van der Waals surface area contributed by atoms with Gasteiger partial charge in [0.2, 0.25) is 6.79 Å². The van der Waals surface area contributed by atoms with Crippen LogP contribution in [0, 0.1) is 0 Å². The normalized spacial score (nSPS) is 10.4. The number of ether oxygens (including phenoxy) is 2. The number of fused-ring (bicyclic) bond motifs is 1. The van der Waals surface area contributed by atoms with Gasteiger partial charge in [-0.2, -0.15) is 0 Å². The molecule has 0 aliphatic rings. The molecule has 7 heteroatoms. The van der Waals surface area contributed by atoms with Gasteiger partial charge in [0.1, 0.15) is 11.0 Å². The van der Waals surface area contributed by atoms with Crippen molar-refractivity contribution in [2.24, 2.45) is 0 Å². The number of benzene rings is 3. The number of halogens is 1. The molecule has 1 aromatic heterocycles. The molecule has 0 amide bonds. The van der Waals surface area contributed by atoms with Crippen molar-refractivity contribution >= 4 is 11.0 Å². The highest BCUT2D eigenvalue weighted by Crippen LogP contribution is 2.08. The molecule has 3 aromatic carbocycles. The quantitative estimate of drug-likeness (QED) is 0.332. The molecule has 1 heterocycles. The maximum absolute atomic E-state index is 11.5. The second-order valence-corrected chi connectivity index (χ2v) is 5.98. The van der Waals surface area contributed by atoms with Gasteiger partial charge in [0.05, 0.1) is 13.2 Å². The Bertz CT molecular complexity index is 965. The Hall–Kier alpha value is -3.29. The van der Waals surface area contributed by atoms with E-state index in [4.69, 9.17) is 9.57 Å². The number of hydrogen-bond acceptors (Lipinski definition) is 5. The maximum atomic E-state index is 11.5. The predicted molar refractivity (Wildman–Crippen MR) is 107 cm³/mol. The van der Waals surface area contributed by atoms with Gasteiger partial charge in [-0.25, -0.2) is 4.39 Å². The van der Waals surface area contributed by atoms with Crippen LogP contribution in [0.15, 0.2) is 84.9 Å². The zero-order valence-electron chi connectivity index (χ0n) is 15.9. The summed E-state index contributed by atoms with van der Waals surface area (Å²) < 4.78 is 21.4. The van der Waals surface area contributed by atoms with E-state index in [1.54, 1.807) is 0 Å². The average Bonchev–Trinajstić information content (AvgIpc) is 3.20. The summed E-state index contributed by atoms with van der Waals surface area (Å²) in [5.41, 5.74) is 3.73. The van der Waals surface area contributed by atoms with E-state index in [-0.39, 0.29) is 6.79 Å². The average molecular weight is 394 g/mol. The standard InChI is InChI=1S/C14H13N3O2.C8H9FO/c1-2-6-12(7-3-1)10-18-11-19-17-14-9-5-4-8-13(14)15-16-17;9-7-10-6-8-4-2-1-3-5-8/h1-9H,10-11H2;1-5H,6-7H2/i;9-1. The van der Waals surface area contributed by atoms with E-state index in [1.165, 1.54) is 4.85 Å². The van der Waals surface area contributed by atoms with Crippen molar-refractivity contribution in [1.29, 1.82) is 0 Å². The Balaban J connectivity index is 0.000000204. The van der Waals surface area contributed by atoms with E-state index in [2.05, 4.69) is 15.0 Å². The summed E-state index contributed by atoms with van der Waals surface area (Å²) in [7, 11) is 0. The second kappa shape index (κ2) is 11.5. The second-order valence-electron chi connectivity index (χ2n) is 5.98. The molecule has 6 nitrogen and oxygen atoms in total. The lowest BCUT2D eigenvalue weighted by molar-refractivity contribution is -0.0753. The van der Waals surface area contributed by atoms with Gasteiger partial charge in [-0.3, -0.25) is 0 Å². The molecule has 0 aliphatic carbocycles. The summed E-state index contributed by atoms with van der Waals surface area (Å²) in [4.78, 5) is 6.78. The van der Waals surface area contributed by atoms with Crippen LogP contribution in [0.25, 0.3) is 11.0 Å². The third kappa shape index (κ3) is 6.67. The minimum atomic E-state index is -0.713. The van der Waals surface area contributed by atoms with Crippen molar-refractivity contribution in [3.05, 3.63) is 96.1 Å². The Morgan fingerprint density at radius 1 is 0.724 bits per heavy atom. The maximum Gasteiger partial charge on any atom is 0.216 e. The van der Waals surface area contributed by atoms with Gasteiger partial charge < -0.3 is 14.3 Å². The largest absolute Gasteiger partial charge is 0.366 e. The van der Waals surface area contributed by atoms with Crippen LogP contribution in [0.3, 0.4) is 0 Å². The van der Waals surface area contributed by atoms with Crippen molar-refractivity contribution in [3.8, 4) is 0 Å². The fourth-order valence-electron chi connectivity index (χ4n) is 2.49. The Labute approximate surface area is 168 Å². The molecule has 29 heavy (non-hydrogen) atoms. The summed E-state index contributed by atoms with van der Waals surface area (Å²) in [6.45, 7) is 0.280. The van der Waals surface area contributed by atoms with Gasteiger partial charge >= 0.3 is 0 Å². The van der Waals surface area contributed by atoms with Crippen molar-refractivity contribution in [3.63, 3.8) is 0 Å². The highest BCUT2D eigenvalue weighted by atomic mass is 18.2. The van der Waals surface area contributed by atoms with E-state index >= 15 is 0 Å². The summed E-state index contributed by atoms with van der Waals surface area (Å²) >= 11 is 0. The first-order valence-electron chi connectivity index (χ1n) is 9.10. The zero-order valence-corrected chi connectivity index (χ0v) is 15.9. The first-order valence-corrected chi connectivity index (χ1v) is 9.10. The molecule has 0 saturated carbocycles. The summed E-state index contributed by atoms with van der Waals surface area (Å²) in [6, 6.07) is 27.0. The molecule has 0 saturated heterocycles. The van der Waals surface area contributed by atoms with Crippen LogP contribution in [-0.2, 0) is 22.7 Å². The van der Waals surface area contributed by atoms with Crippen molar-refractivity contribution < 1.29 is 18.7 Å². The van der Waals surface area contributed by atoms with E-state index < -0.39 is 6.86 Å². The number of para-hydroxylation sites is 1. The van der Waals surface area contributed by atoms with Gasteiger partial charge in [0.15, 0.2) is 6.86 Å². The summed E-state index contributed by atoms with van der Waals surface area (Å²) in [5, 5.41) is 7.89. The molecule has 4 aromatic rings. The Kier molecular flexibility index (Phi) is 8.13. The number of rotatable bonds is 8. The lowest BCUT2D eigenvalue weighted by Gasteiger charge is -2.06. The van der Waals surface area contributed by atoms with E-state index in [0.717, 1.165) is 22.2 Å². The number of hydrogen-bond donors (Lipinski definition) is 0. The smallest absolute Gasteiger partial charge is 0.216 e. The number of alkyl halides is 1. The molecule has 0 spiro atoms. The van der Waals surface area contributed by atoms with Crippen molar-refractivity contribution in [1.82, 2.24) is 15.2 Å². The van der Waals surface area contributed by atoms with Crippen LogP contribution in [0.2, 0.25) is 0 Å². The summed E-state index contributed by atoms with van der Waals surface area (Å²) in [6.07, 6.45) is 0. The molecule has 0 bridgehead atoms. The zero-order chi connectivity index (χ0) is 20.2. The van der Waals surface area contributed by atoms with E-state index in [0.29, 0.717) is 13.2 Å². The van der Waals surface area contributed by atoms with Crippen LogP contribution < -0.4 is 4.84 Å². The third-order valence-electron chi connectivity index (χ3n) is 3.88. The topological polar surface area (TPSA) is 58.4 Å². The minimum Gasteiger partial charge on any atom is -0.366 e. The van der Waals surface area contributed by atoms with Crippen molar-refractivity contribution in [2.45, 2.75) is 13.2 Å². The molecule has 150 valence electrons. The van der Waals surface area contributed by atoms with E-state index in [9.17, 15) is 4.39 Å². The lowest BCUT2D eigenvalue weighted by Crippen LogP contribution is -2.16. The number of aromatic nitrogens is 3. The molecule has 4 rings (SSSR count). The van der Waals surface area contributed by atoms with Gasteiger partial charge in [-0.1, -0.05) is 77.6 Å². The first kappa shape index (κ1) is 20.4. The molecule has 0 aliphatic heterocycles. The highest BCUT2D eigenvalue weighted by Gasteiger charge is 2.03. The third-order valence-corrected chi connectivity index (χ3v) is 3.88. The van der Waals surface area contributed by atoms with E-state index in [1.807, 2.05) is 84.9 Å². The fraction of sp³-hybridized carbons (Fsp3) is 0.182. The van der Waals surface area contributed by atoms with Gasteiger partial charge in [-0.15, -0.1) is 5.10 Å². The minimum absolute atomic E-state index is 0.127. The highest BCUT2D eigenvalue weighted by molar-refractivity contribution is 5.73. The van der Waals surface area contributed by atoms with Gasteiger partial charge in [0.25, 0.3) is 0 Å². The predicted octanol–water partition coefficient (Wildman–Crippen LogP) is 4.16. The first-order chi connectivity index (χ1) is 14.4. The molecular formula is C22H22FN3O3. The van der Waals surface area contributed by atoms with Crippen molar-refractivity contribution in [2.75, 3.05) is 13.7 Å². The Morgan fingerprint density at radius 3 is 1.97 bits per heavy atom. The molecular weight excluding hydrogens is 372 g/mol. The van der Waals surface area contributed by atoms with Crippen LogP contribution in [0.4, 0.5) is 4.39 Å². The SMILES string of the molecule is [18F]COCc1ccccc1.c1ccc(COCOn2nnc3ccccc32)cc1. The molecule has 0 N–H and O–H groups in total. The molecule has 0 atom stereocenters. The van der Waals surface area contributed by atoms with Gasteiger partial charge in [-0.05, 0) is 28.5 Å². The van der Waals surface area contributed by atoms with Crippen LogP contribution in [0.1, 0.15) is 11.1 Å². The lowest BCUT2D eigenvalue weighted by atomic mass is 10.2. The molecule has 0 radical (unpaired) electrons. The van der Waals surface area contributed by atoms with Crippen LogP contribution >= 0.6 is 0 Å².